The number of anilines is 1. The summed E-state index contributed by atoms with van der Waals surface area (Å²) < 4.78 is 15.1. The molecule has 1 atom stereocenters. The highest BCUT2D eigenvalue weighted by molar-refractivity contribution is 5.90. The van der Waals surface area contributed by atoms with E-state index in [0.717, 1.165) is 0 Å². The van der Waals surface area contributed by atoms with Gasteiger partial charge in [-0.05, 0) is 22.6 Å². The van der Waals surface area contributed by atoms with Crippen LogP contribution in [0.3, 0.4) is 0 Å². The number of carbonyl (C=O) groups is 1. The molecule has 2 heterocycles. The van der Waals surface area contributed by atoms with Gasteiger partial charge in [0.1, 0.15) is 17.6 Å². The van der Waals surface area contributed by atoms with Crippen LogP contribution in [0.15, 0.2) is 36.0 Å². The molecule has 3 rings (SSSR count). The number of hydrogen-bond acceptors (Lipinski definition) is 5. The Balaban J connectivity index is 2.15. The van der Waals surface area contributed by atoms with Crippen molar-refractivity contribution >= 4 is 11.9 Å². The molecule has 0 radical (unpaired) electrons. The monoisotopic (exact) mass is 261 g/mol. The van der Waals surface area contributed by atoms with Gasteiger partial charge in [0.2, 0.25) is 5.95 Å². The second-order valence-corrected chi connectivity index (χ2v) is 3.92. The molecular weight excluding hydrogens is 253 g/mol. The van der Waals surface area contributed by atoms with Crippen LogP contribution in [0.25, 0.3) is 0 Å². The fourth-order valence-electron chi connectivity index (χ4n) is 1.92. The number of carboxylic acid groups (broad SMARTS) is 1. The summed E-state index contributed by atoms with van der Waals surface area (Å²) in [5.41, 5.74) is 0.215. The molecule has 0 saturated carbocycles. The minimum Gasteiger partial charge on any atom is -0.477 e. The van der Waals surface area contributed by atoms with Gasteiger partial charge in [0.25, 0.3) is 0 Å². The topological polar surface area (TPSA) is 92.9 Å². The number of nitrogens with zero attached hydrogens (tertiary/aromatic N) is 4. The first-order valence-corrected chi connectivity index (χ1v) is 5.41. The summed E-state index contributed by atoms with van der Waals surface area (Å²) in [6, 6.07) is 5.39. The summed E-state index contributed by atoms with van der Waals surface area (Å²) in [4.78, 5) is 11.0. The lowest BCUT2D eigenvalue weighted by atomic mass is 10.0. The third-order valence-electron chi connectivity index (χ3n) is 2.78. The van der Waals surface area contributed by atoms with Crippen molar-refractivity contribution in [2.75, 3.05) is 5.32 Å². The van der Waals surface area contributed by atoms with Gasteiger partial charge in [-0.15, -0.1) is 0 Å². The van der Waals surface area contributed by atoms with Gasteiger partial charge in [0.05, 0.1) is 0 Å². The van der Waals surface area contributed by atoms with Gasteiger partial charge in [0, 0.05) is 5.56 Å². The number of nitrogens with one attached hydrogen (secondary N) is 1. The van der Waals surface area contributed by atoms with E-state index in [1.54, 1.807) is 18.2 Å². The van der Waals surface area contributed by atoms with E-state index < -0.39 is 17.8 Å². The Morgan fingerprint density at radius 1 is 1.42 bits per heavy atom. The van der Waals surface area contributed by atoms with Gasteiger partial charge in [-0.25, -0.2) is 9.18 Å². The molecule has 19 heavy (non-hydrogen) atoms. The third-order valence-corrected chi connectivity index (χ3v) is 2.78. The van der Waals surface area contributed by atoms with Crippen LogP contribution in [-0.2, 0) is 4.79 Å². The number of allylic oxidation sites excluding steroid dienone is 1. The highest BCUT2D eigenvalue weighted by atomic mass is 19.1. The molecule has 0 saturated heterocycles. The first-order valence-electron chi connectivity index (χ1n) is 5.41. The largest absolute Gasteiger partial charge is 0.477 e. The average molecular weight is 261 g/mol. The standard InChI is InChI=1S/C11H8FN5O2/c12-7-4-2-1-3-6(7)9-5-8(10(18)19)13-11-14-15-16-17(9)11/h1-5,9H,(H,18,19)(H,13,14,16)/t9-/m1/s1. The predicted octanol–water partition coefficient (Wildman–Crippen LogP) is 0.796. The van der Waals surface area contributed by atoms with Crippen LogP contribution in [0.5, 0.6) is 0 Å². The number of halogens is 1. The third kappa shape index (κ3) is 1.82. The minimum absolute atomic E-state index is 0.0875. The zero-order chi connectivity index (χ0) is 13.4. The van der Waals surface area contributed by atoms with Crippen molar-refractivity contribution in [2.24, 2.45) is 0 Å². The molecule has 8 heteroatoms. The maximum Gasteiger partial charge on any atom is 0.352 e. The van der Waals surface area contributed by atoms with Crippen molar-refractivity contribution in [3.8, 4) is 0 Å². The molecular formula is C11H8FN5O2. The van der Waals surface area contributed by atoms with Crippen molar-refractivity contribution in [3.63, 3.8) is 0 Å². The molecule has 7 nitrogen and oxygen atoms in total. The second-order valence-electron chi connectivity index (χ2n) is 3.92. The molecule has 1 aliphatic rings. The zero-order valence-corrected chi connectivity index (χ0v) is 9.49. The Morgan fingerprint density at radius 2 is 2.21 bits per heavy atom. The molecule has 0 spiro atoms. The van der Waals surface area contributed by atoms with Gasteiger partial charge in [-0.3, -0.25) is 0 Å². The molecule has 2 N–H and O–H groups in total. The van der Waals surface area contributed by atoms with Crippen LogP contribution < -0.4 is 5.32 Å². The first-order chi connectivity index (χ1) is 9.16. The Kier molecular flexibility index (Phi) is 2.48. The molecule has 0 fully saturated rings. The summed E-state index contributed by atoms with van der Waals surface area (Å²) >= 11 is 0. The van der Waals surface area contributed by atoms with Crippen LogP contribution in [0, 0.1) is 5.82 Å². The Hall–Kier alpha value is -2.77. The number of rotatable bonds is 2. The number of aromatic nitrogens is 4. The van der Waals surface area contributed by atoms with Crippen LogP contribution in [0.4, 0.5) is 10.3 Å². The fourth-order valence-corrected chi connectivity index (χ4v) is 1.92. The van der Waals surface area contributed by atoms with Crippen molar-refractivity contribution < 1.29 is 14.3 Å². The predicted molar refractivity (Wildman–Crippen MR) is 61.7 cm³/mol. The summed E-state index contributed by atoms with van der Waals surface area (Å²) in [7, 11) is 0. The van der Waals surface area contributed by atoms with E-state index in [1.807, 2.05) is 0 Å². The normalized spacial score (nSPS) is 17.3. The zero-order valence-electron chi connectivity index (χ0n) is 9.49. The second kappa shape index (κ2) is 4.16. The number of carboxylic acids is 1. The fraction of sp³-hybridized carbons (Fsp3) is 0.0909. The van der Waals surface area contributed by atoms with Gasteiger partial charge in [-0.1, -0.05) is 23.3 Å². The Labute approximate surface area is 106 Å². The lowest BCUT2D eigenvalue weighted by Crippen LogP contribution is -2.24. The molecule has 96 valence electrons. The summed E-state index contributed by atoms with van der Waals surface area (Å²) in [5.74, 6) is -1.44. The lowest BCUT2D eigenvalue weighted by molar-refractivity contribution is -0.132. The average Bonchev–Trinajstić information content (AvgIpc) is 2.86. The van der Waals surface area contributed by atoms with E-state index in [-0.39, 0.29) is 11.6 Å². The quantitative estimate of drug-likeness (QED) is 0.830. The van der Waals surface area contributed by atoms with Crippen molar-refractivity contribution in [1.82, 2.24) is 20.2 Å². The summed E-state index contributed by atoms with van der Waals surface area (Å²) in [6.45, 7) is 0. The Morgan fingerprint density at radius 3 is 2.95 bits per heavy atom. The SMILES string of the molecule is O=C(O)C1=C[C@H](c2ccccc2F)n2nnnc2N1. The maximum atomic E-state index is 13.8. The Bertz CT molecular complexity index is 681. The van der Waals surface area contributed by atoms with Crippen molar-refractivity contribution in [2.45, 2.75) is 6.04 Å². The van der Waals surface area contributed by atoms with Crippen LogP contribution in [-0.4, -0.2) is 31.3 Å². The number of fused-ring (bicyclic) bond motifs is 1. The van der Waals surface area contributed by atoms with E-state index >= 15 is 0 Å². The van der Waals surface area contributed by atoms with Crippen molar-refractivity contribution in [3.05, 3.63) is 47.4 Å². The molecule has 1 aromatic heterocycles. The highest BCUT2D eigenvalue weighted by Crippen LogP contribution is 2.29. The molecule has 2 aromatic rings. The van der Waals surface area contributed by atoms with Gasteiger partial charge < -0.3 is 10.4 Å². The molecule has 1 aliphatic heterocycles. The van der Waals surface area contributed by atoms with E-state index in [4.69, 9.17) is 5.11 Å². The van der Waals surface area contributed by atoms with E-state index in [9.17, 15) is 9.18 Å². The molecule has 0 amide bonds. The number of tetrazole rings is 1. The minimum atomic E-state index is -1.16. The van der Waals surface area contributed by atoms with Crippen LogP contribution in [0.1, 0.15) is 11.6 Å². The van der Waals surface area contributed by atoms with E-state index in [1.165, 1.54) is 16.8 Å². The van der Waals surface area contributed by atoms with Crippen LogP contribution in [0.2, 0.25) is 0 Å². The first kappa shape index (κ1) is 11.3. The smallest absolute Gasteiger partial charge is 0.352 e. The van der Waals surface area contributed by atoms with Gasteiger partial charge >= 0.3 is 5.97 Å². The number of hydrogen-bond donors (Lipinski definition) is 2. The number of aliphatic carboxylic acids is 1. The lowest BCUT2D eigenvalue weighted by Gasteiger charge is -2.21. The molecule has 0 bridgehead atoms. The highest BCUT2D eigenvalue weighted by Gasteiger charge is 2.27. The van der Waals surface area contributed by atoms with Crippen molar-refractivity contribution in [1.29, 1.82) is 0 Å². The molecule has 0 aliphatic carbocycles. The summed E-state index contributed by atoms with van der Waals surface area (Å²) in [5, 5.41) is 22.4. The van der Waals surface area contributed by atoms with Gasteiger partial charge in [0.15, 0.2) is 0 Å². The molecule has 0 unspecified atom stereocenters. The number of benzene rings is 1. The van der Waals surface area contributed by atoms with E-state index in [0.29, 0.717) is 5.56 Å². The summed E-state index contributed by atoms with van der Waals surface area (Å²) in [6.07, 6.45) is 1.37. The van der Waals surface area contributed by atoms with E-state index in [2.05, 4.69) is 20.8 Å². The molecule has 1 aromatic carbocycles. The maximum absolute atomic E-state index is 13.8. The van der Waals surface area contributed by atoms with Gasteiger partial charge in [-0.2, -0.15) is 4.68 Å². The van der Waals surface area contributed by atoms with Crippen LogP contribution >= 0.6 is 0 Å².